The number of fused-ring (bicyclic) bond motifs is 3. The zero-order valence-electron chi connectivity index (χ0n) is 19.8. The van der Waals surface area contributed by atoms with E-state index in [2.05, 4.69) is 64.8 Å². The summed E-state index contributed by atoms with van der Waals surface area (Å²) in [5, 5.41) is 7.16. The molecule has 35 heavy (non-hydrogen) atoms. The van der Waals surface area contributed by atoms with Gasteiger partial charge in [-0.05, 0) is 78.7 Å². The summed E-state index contributed by atoms with van der Waals surface area (Å²) in [7, 11) is 0. The lowest BCUT2D eigenvalue weighted by atomic mass is 9.96. The molecule has 6 heteroatoms. The minimum absolute atomic E-state index is 0.0911. The number of hydrogen-bond acceptors (Lipinski definition) is 5. The van der Waals surface area contributed by atoms with Crippen LogP contribution in [0.25, 0.3) is 0 Å². The number of rotatable bonds is 9. The summed E-state index contributed by atoms with van der Waals surface area (Å²) < 4.78 is 19.0. The van der Waals surface area contributed by atoms with E-state index in [0.717, 1.165) is 70.0 Å². The monoisotopic (exact) mass is 532 g/mol. The molecule has 3 aromatic carbocycles. The highest BCUT2D eigenvalue weighted by atomic mass is 79.9. The SMILES string of the molecule is C=CCOc1ccc(C2=NN3[C@@H](c4ccc(OCCCC)cc4)Oc4ccc(Br)cc4[C@@H]3C2)cc1. The van der Waals surface area contributed by atoms with Gasteiger partial charge in [-0.1, -0.05) is 41.9 Å². The van der Waals surface area contributed by atoms with Gasteiger partial charge in [-0.3, -0.25) is 0 Å². The van der Waals surface area contributed by atoms with E-state index in [9.17, 15) is 0 Å². The van der Waals surface area contributed by atoms with Crippen LogP contribution >= 0.6 is 15.9 Å². The first-order valence-electron chi connectivity index (χ1n) is 12.0. The van der Waals surface area contributed by atoms with Crippen molar-refractivity contribution in [3.8, 4) is 17.2 Å². The number of ether oxygens (including phenoxy) is 3. The Hall–Kier alpha value is -3.25. The van der Waals surface area contributed by atoms with Crippen molar-refractivity contribution < 1.29 is 14.2 Å². The van der Waals surface area contributed by atoms with E-state index in [4.69, 9.17) is 19.3 Å². The van der Waals surface area contributed by atoms with Crippen LogP contribution in [0.5, 0.6) is 17.2 Å². The molecule has 2 aliphatic heterocycles. The smallest absolute Gasteiger partial charge is 0.213 e. The summed E-state index contributed by atoms with van der Waals surface area (Å²) in [6.07, 6.45) is 4.39. The van der Waals surface area contributed by atoms with E-state index in [-0.39, 0.29) is 12.3 Å². The maximum Gasteiger partial charge on any atom is 0.213 e. The molecule has 2 heterocycles. The molecule has 180 valence electrons. The quantitative estimate of drug-likeness (QED) is 0.212. The van der Waals surface area contributed by atoms with Crippen LogP contribution in [0.2, 0.25) is 0 Å². The van der Waals surface area contributed by atoms with E-state index < -0.39 is 0 Å². The number of unbranched alkanes of at least 4 members (excludes halogenated alkanes) is 1. The van der Waals surface area contributed by atoms with Gasteiger partial charge < -0.3 is 14.2 Å². The third kappa shape index (κ3) is 5.08. The highest BCUT2D eigenvalue weighted by Gasteiger charge is 2.41. The van der Waals surface area contributed by atoms with Gasteiger partial charge in [-0.15, -0.1) is 0 Å². The third-order valence-electron chi connectivity index (χ3n) is 6.24. The minimum Gasteiger partial charge on any atom is -0.494 e. The van der Waals surface area contributed by atoms with Crippen molar-refractivity contribution in [1.82, 2.24) is 5.01 Å². The number of benzene rings is 3. The van der Waals surface area contributed by atoms with E-state index >= 15 is 0 Å². The second-order valence-corrected chi connectivity index (χ2v) is 9.61. The van der Waals surface area contributed by atoms with Gasteiger partial charge in [0, 0.05) is 22.0 Å². The van der Waals surface area contributed by atoms with Crippen LogP contribution < -0.4 is 14.2 Å². The molecule has 0 amide bonds. The van der Waals surface area contributed by atoms with Crippen LogP contribution in [0.1, 0.15) is 55.1 Å². The second-order valence-electron chi connectivity index (χ2n) is 8.69. The second kappa shape index (κ2) is 10.6. The van der Waals surface area contributed by atoms with Crippen LogP contribution in [0.3, 0.4) is 0 Å². The Kier molecular flexibility index (Phi) is 7.09. The molecule has 0 fully saturated rings. The Balaban J connectivity index is 1.44. The predicted molar refractivity (Wildman–Crippen MR) is 142 cm³/mol. The molecule has 0 aromatic heterocycles. The summed E-state index contributed by atoms with van der Waals surface area (Å²) in [4.78, 5) is 0. The first-order valence-corrected chi connectivity index (χ1v) is 12.8. The van der Waals surface area contributed by atoms with Crippen LogP contribution in [-0.2, 0) is 0 Å². The first-order chi connectivity index (χ1) is 17.2. The van der Waals surface area contributed by atoms with Gasteiger partial charge in [0.15, 0.2) is 0 Å². The molecule has 5 nitrogen and oxygen atoms in total. The Labute approximate surface area is 215 Å². The molecule has 3 aromatic rings. The molecular formula is C29H29BrN2O3. The summed E-state index contributed by atoms with van der Waals surface area (Å²) in [5.74, 6) is 2.59. The van der Waals surface area contributed by atoms with Crippen molar-refractivity contribution in [2.45, 2.75) is 38.5 Å². The molecule has 0 N–H and O–H groups in total. The standard InChI is InChI=1S/C29H29BrN2O3/c1-3-5-17-34-24-13-8-21(9-14-24)29-32-27(25-18-22(30)10-15-28(25)35-29)19-26(31-32)20-6-11-23(12-7-20)33-16-4-2/h4,6-15,18,27,29H,2-3,5,16-17,19H2,1H3/t27-,29+/m0/s1. The van der Waals surface area contributed by atoms with Gasteiger partial charge in [0.2, 0.25) is 6.23 Å². The molecule has 0 saturated carbocycles. The first kappa shape index (κ1) is 23.5. The maximum atomic E-state index is 6.50. The molecule has 0 bridgehead atoms. The van der Waals surface area contributed by atoms with E-state index in [1.165, 1.54) is 0 Å². The fourth-order valence-corrected chi connectivity index (χ4v) is 4.79. The normalized spacial score (nSPS) is 18.2. The minimum atomic E-state index is -0.314. The maximum absolute atomic E-state index is 6.50. The van der Waals surface area contributed by atoms with Gasteiger partial charge in [0.05, 0.1) is 18.4 Å². The van der Waals surface area contributed by atoms with Crippen molar-refractivity contribution in [1.29, 1.82) is 0 Å². The summed E-state index contributed by atoms with van der Waals surface area (Å²) >= 11 is 3.62. The van der Waals surface area contributed by atoms with Crippen LogP contribution in [0, 0.1) is 0 Å². The number of halogens is 1. The van der Waals surface area contributed by atoms with Gasteiger partial charge in [0.1, 0.15) is 23.9 Å². The lowest BCUT2D eigenvalue weighted by Gasteiger charge is -2.38. The lowest BCUT2D eigenvalue weighted by molar-refractivity contribution is -0.0191. The Bertz CT molecular complexity index is 1210. The molecule has 0 spiro atoms. The Morgan fingerprint density at radius 1 is 1.06 bits per heavy atom. The van der Waals surface area contributed by atoms with Crippen molar-refractivity contribution in [2.24, 2.45) is 5.10 Å². The van der Waals surface area contributed by atoms with E-state index in [1.54, 1.807) is 6.08 Å². The number of hydrazone groups is 1. The van der Waals surface area contributed by atoms with Gasteiger partial charge in [0.25, 0.3) is 0 Å². The van der Waals surface area contributed by atoms with E-state index in [0.29, 0.717) is 6.61 Å². The zero-order valence-corrected chi connectivity index (χ0v) is 21.4. The molecule has 0 radical (unpaired) electrons. The van der Waals surface area contributed by atoms with Crippen LogP contribution in [0.4, 0.5) is 0 Å². The number of hydrogen-bond donors (Lipinski definition) is 0. The van der Waals surface area contributed by atoms with Crippen molar-refractivity contribution in [3.05, 3.63) is 101 Å². The predicted octanol–water partition coefficient (Wildman–Crippen LogP) is 7.44. The van der Waals surface area contributed by atoms with Crippen molar-refractivity contribution in [2.75, 3.05) is 13.2 Å². The molecule has 0 unspecified atom stereocenters. The topological polar surface area (TPSA) is 43.3 Å². The summed E-state index contributed by atoms with van der Waals surface area (Å²) in [6.45, 7) is 7.09. The van der Waals surface area contributed by atoms with Gasteiger partial charge in [-0.25, -0.2) is 5.01 Å². The summed E-state index contributed by atoms with van der Waals surface area (Å²) in [5.41, 5.74) is 4.30. The average Bonchev–Trinajstić information content (AvgIpc) is 3.34. The van der Waals surface area contributed by atoms with Crippen molar-refractivity contribution >= 4 is 21.6 Å². The molecule has 0 aliphatic carbocycles. The summed E-state index contributed by atoms with van der Waals surface area (Å²) in [6, 6.07) is 22.6. The zero-order chi connectivity index (χ0) is 24.2. The van der Waals surface area contributed by atoms with Crippen LogP contribution in [-0.4, -0.2) is 23.9 Å². The largest absolute Gasteiger partial charge is 0.494 e. The fraction of sp³-hybridized carbons (Fsp3) is 0.276. The van der Waals surface area contributed by atoms with Crippen molar-refractivity contribution in [3.63, 3.8) is 0 Å². The number of nitrogens with zero attached hydrogens (tertiary/aromatic N) is 2. The average molecular weight is 533 g/mol. The fourth-order valence-electron chi connectivity index (χ4n) is 4.41. The third-order valence-corrected chi connectivity index (χ3v) is 6.73. The highest BCUT2D eigenvalue weighted by molar-refractivity contribution is 9.10. The van der Waals surface area contributed by atoms with Crippen LogP contribution in [0.15, 0.2) is 89.0 Å². The van der Waals surface area contributed by atoms with E-state index in [1.807, 2.05) is 36.4 Å². The Morgan fingerprint density at radius 2 is 1.80 bits per heavy atom. The Morgan fingerprint density at radius 3 is 2.54 bits per heavy atom. The highest BCUT2D eigenvalue weighted by Crippen LogP contribution is 2.48. The molecule has 5 rings (SSSR count). The molecule has 0 saturated heterocycles. The van der Waals surface area contributed by atoms with Gasteiger partial charge in [-0.2, -0.15) is 5.10 Å². The molecular weight excluding hydrogens is 504 g/mol. The molecule has 2 aliphatic rings. The van der Waals surface area contributed by atoms with Gasteiger partial charge >= 0.3 is 0 Å². The molecule has 2 atom stereocenters. The lowest BCUT2D eigenvalue weighted by Crippen LogP contribution is -2.33.